The third-order valence-corrected chi connectivity index (χ3v) is 4.94. The molecule has 2 fully saturated rings. The third-order valence-electron chi connectivity index (χ3n) is 4.94. The maximum Gasteiger partial charge on any atom is 0.228 e. The topological polar surface area (TPSA) is 74.6 Å². The summed E-state index contributed by atoms with van der Waals surface area (Å²) in [6.45, 7) is 4.28. The lowest BCUT2D eigenvalue weighted by Crippen LogP contribution is -2.58. The number of carbonyl (C=O) groups is 2. The van der Waals surface area contributed by atoms with Crippen LogP contribution < -0.4 is 0 Å². The van der Waals surface area contributed by atoms with Gasteiger partial charge in [-0.2, -0.15) is 0 Å². The number of likely N-dealkylation sites (tertiary alicyclic amines) is 2. The van der Waals surface area contributed by atoms with Crippen LogP contribution in [0.25, 0.3) is 0 Å². The average molecular weight is 304 g/mol. The lowest BCUT2D eigenvalue weighted by Gasteiger charge is -2.42. The molecule has 0 bridgehead atoms. The molecule has 118 valence electrons. The Kier molecular flexibility index (Phi) is 3.14. The second-order valence-electron chi connectivity index (χ2n) is 6.53. The Bertz CT molecular complexity index is 608. The molecule has 4 heterocycles. The van der Waals surface area contributed by atoms with Gasteiger partial charge >= 0.3 is 0 Å². The van der Waals surface area contributed by atoms with E-state index in [1.54, 1.807) is 6.20 Å². The number of amides is 2. The highest BCUT2D eigenvalue weighted by Gasteiger charge is 2.42. The van der Waals surface area contributed by atoms with Crippen molar-refractivity contribution in [2.24, 2.45) is 5.92 Å². The summed E-state index contributed by atoms with van der Waals surface area (Å²) in [5.74, 6) is 0.0250. The summed E-state index contributed by atoms with van der Waals surface area (Å²) in [5.41, 5.74) is 0.960. The van der Waals surface area contributed by atoms with Crippen LogP contribution in [0.3, 0.4) is 0 Å². The molecule has 1 unspecified atom stereocenters. The van der Waals surface area contributed by atoms with Crippen LogP contribution >= 0.6 is 0 Å². The van der Waals surface area contributed by atoms with E-state index in [1.165, 1.54) is 0 Å². The molecule has 0 spiro atoms. The molecule has 22 heavy (non-hydrogen) atoms. The van der Waals surface area contributed by atoms with Crippen LogP contribution in [-0.2, 0) is 22.7 Å². The number of aromatic nitrogens is 3. The molecular weight excluding hydrogens is 284 g/mol. The Hall–Kier alpha value is -1.96. The van der Waals surface area contributed by atoms with E-state index in [0.717, 1.165) is 18.8 Å². The molecule has 8 nitrogen and oxygen atoms in total. The summed E-state index contributed by atoms with van der Waals surface area (Å²) < 4.78 is 1.83. The van der Waals surface area contributed by atoms with Crippen molar-refractivity contribution in [1.82, 2.24) is 29.7 Å². The summed E-state index contributed by atoms with van der Waals surface area (Å²) in [6, 6.07) is 0.294. The quantitative estimate of drug-likeness (QED) is 0.685. The van der Waals surface area contributed by atoms with Crippen molar-refractivity contribution < 1.29 is 9.59 Å². The van der Waals surface area contributed by atoms with Crippen molar-refractivity contribution in [3.8, 4) is 0 Å². The highest BCUT2D eigenvalue weighted by atomic mass is 16.2. The van der Waals surface area contributed by atoms with Crippen molar-refractivity contribution in [1.29, 1.82) is 0 Å². The second-order valence-corrected chi connectivity index (χ2v) is 6.53. The van der Waals surface area contributed by atoms with Gasteiger partial charge in [0.05, 0.1) is 36.9 Å². The van der Waals surface area contributed by atoms with E-state index < -0.39 is 0 Å². The lowest BCUT2D eigenvalue weighted by molar-refractivity contribution is -0.137. The maximum atomic E-state index is 12.7. The molecule has 2 saturated heterocycles. The first-order valence-corrected chi connectivity index (χ1v) is 7.76. The molecule has 0 aromatic carbocycles. The van der Waals surface area contributed by atoms with Crippen LogP contribution in [0.5, 0.6) is 0 Å². The van der Waals surface area contributed by atoms with Crippen molar-refractivity contribution >= 4 is 11.8 Å². The number of carbonyl (C=O) groups excluding carboxylic acids is 2. The SMILES string of the molecule is CN1CC(N2CC(C(=O)N3CCn4nncc4C3)CC2=O)C1. The van der Waals surface area contributed by atoms with Gasteiger partial charge in [-0.15, -0.1) is 5.10 Å². The van der Waals surface area contributed by atoms with Gasteiger partial charge in [0, 0.05) is 32.6 Å². The number of likely N-dealkylation sites (N-methyl/N-ethyl adjacent to an activating group) is 1. The molecule has 1 atom stereocenters. The van der Waals surface area contributed by atoms with E-state index in [4.69, 9.17) is 0 Å². The van der Waals surface area contributed by atoms with Crippen LogP contribution in [0.4, 0.5) is 0 Å². The fraction of sp³-hybridized carbons (Fsp3) is 0.714. The first-order valence-electron chi connectivity index (χ1n) is 7.76. The molecule has 4 rings (SSSR count). The van der Waals surface area contributed by atoms with E-state index in [0.29, 0.717) is 38.6 Å². The predicted molar refractivity (Wildman–Crippen MR) is 76.5 cm³/mol. The van der Waals surface area contributed by atoms with E-state index >= 15 is 0 Å². The molecule has 0 radical (unpaired) electrons. The molecule has 3 aliphatic rings. The van der Waals surface area contributed by atoms with Crippen molar-refractivity contribution in [3.63, 3.8) is 0 Å². The van der Waals surface area contributed by atoms with Crippen molar-refractivity contribution in [2.45, 2.75) is 25.6 Å². The van der Waals surface area contributed by atoms with Crippen LogP contribution in [-0.4, -0.2) is 80.8 Å². The zero-order chi connectivity index (χ0) is 15.3. The van der Waals surface area contributed by atoms with Gasteiger partial charge in [-0.25, -0.2) is 4.68 Å². The Balaban J connectivity index is 1.40. The average Bonchev–Trinajstić information content (AvgIpc) is 3.08. The monoisotopic (exact) mass is 304 g/mol. The first kappa shape index (κ1) is 13.7. The molecule has 3 aliphatic heterocycles. The zero-order valence-corrected chi connectivity index (χ0v) is 12.7. The molecule has 1 aromatic heterocycles. The first-order chi connectivity index (χ1) is 10.6. The summed E-state index contributed by atoms with van der Waals surface area (Å²) in [4.78, 5) is 30.8. The fourth-order valence-electron chi connectivity index (χ4n) is 3.64. The van der Waals surface area contributed by atoms with Gasteiger partial charge < -0.3 is 14.7 Å². The van der Waals surface area contributed by atoms with Crippen LogP contribution in [0.1, 0.15) is 12.1 Å². The Morgan fingerprint density at radius 1 is 1.27 bits per heavy atom. The Labute approximate surface area is 128 Å². The van der Waals surface area contributed by atoms with E-state index in [9.17, 15) is 9.59 Å². The highest BCUT2D eigenvalue weighted by Crippen LogP contribution is 2.26. The van der Waals surface area contributed by atoms with E-state index in [-0.39, 0.29) is 17.7 Å². The fourth-order valence-corrected chi connectivity index (χ4v) is 3.64. The van der Waals surface area contributed by atoms with Gasteiger partial charge in [-0.3, -0.25) is 9.59 Å². The molecule has 2 amide bonds. The van der Waals surface area contributed by atoms with Crippen molar-refractivity contribution in [3.05, 3.63) is 11.9 Å². The van der Waals surface area contributed by atoms with Gasteiger partial charge in [-0.1, -0.05) is 5.21 Å². The lowest BCUT2D eigenvalue weighted by atomic mass is 10.1. The second kappa shape index (κ2) is 5.05. The van der Waals surface area contributed by atoms with E-state index in [2.05, 4.69) is 15.2 Å². The Morgan fingerprint density at radius 3 is 2.86 bits per heavy atom. The summed E-state index contributed by atoms with van der Waals surface area (Å²) in [6.07, 6.45) is 2.06. The third kappa shape index (κ3) is 2.18. The largest absolute Gasteiger partial charge is 0.336 e. The molecule has 0 aliphatic carbocycles. The van der Waals surface area contributed by atoms with Gasteiger partial charge in [0.1, 0.15) is 0 Å². The number of hydrogen-bond acceptors (Lipinski definition) is 5. The highest BCUT2D eigenvalue weighted by molar-refractivity contribution is 5.89. The summed E-state index contributed by atoms with van der Waals surface area (Å²) in [7, 11) is 2.05. The van der Waals surface area contributed by atoms with Crippen LogP contribution in [0.15, 0.2) is 6.20 Å². The number of rotatable bonds is 2. The zero-order valence-electron chi connectivity index (χ0n) is 12.7. The van der Waals surface area contributed by atoms with Gasteiger partial charge in [0.2, 0.25) is 11.8 Å². The predicted octanol–water partition coefficient (Wildman–Crippen LogP) is -1.22. The minimum absolute atomic E-state index is 0.0935. The van der Waals surface area contributed by atoms with E-state index in [1.807, 2.05) is 21.5 Å². The van der Waals surface area contributed by atoms with Crippen LogP contribution in [0, 0.1) is 5.92 Å². The van der Waals surface area contributed by atoms with Gasteiger partial charge in [0.25, 0.3) is 0 Å². The number of fused-ring (bicyclic) bond motifs is 1. The molecule has 8 heteroatoms. The maximum absolute atomic E-state index is 12.7. The van der Waals surface area contributed by atoms with Crippen molar-refractivity contribution in [2.75, 3.05) is 33.2 Å². The summed E-state index contributed by atoms with van der Waals surface area (Å²) >= 11 is 0. The molecular formula is C14H20N6O2. The minimum Gasteiger partial charge on any atom is -0.336 e. The minimum atomic E-state index is -0.194. The normalized spacial score (nSPS) is 26.2. The van der Waals surface area contributed by atoms with Gasteiger partial charge in [-0.05, 0) is 7.05 Å². The Morgan fingerprint density at radius 2 is 2.09 bits per heavy atom. The number of hydrogen-bond donors (Lipinski definition) is 0. The summed E-state index contributed by atoms with van der Waals surface area (Å²) in [5, 5.41) is 7.86. The standard InChI is InChI=1S/C14H20N6O2/c1-17-7-12(8-17)19-6-10(4-13(19)21)14(22)18-2-3-20-11(9-18)5-15-16-20/h5,10,12H,2-4,6-9H2,1H3. The molecule has 0 N–H and O–H groups in total. The van der Waals surface area contributed by atoms with Gasteiger partial charge in [0.15, 0.2) is 0 Å². The molecule has 1 aromatic rings. The molecule has 0 saturated carbocycles. The smallest absolute Gasteiger partial charge is 0.228 e. The van der Waals surface area contributed by atoms with Crippen LogP contribution in [0.2, 0.25) is 0 Å². The number of nitrogens with zero attached hydrogens (tertiary/aromatic N) is 6.